The lowest BCUT2D eigenvalue weighted by Crippen LogP contribution is -1.97. The fraction of sp³-hybridized carbons (Fsp3) is 0.143. The number of rotatable bonds is 4. The second kappa shape index (κ2) is 5.82. The third-order valence-electron chi connectivity index (χ3n) is 2.40. The molecule has 0 aliphatic carbocycles. The highest BCUT2D eigenvalue weighted by molar-refractivity contribution is 9.10. The zero-order valence-electron chi connectivity index (χ0n) is 9.20. The minimum absolute atomic E-state index is 0.454. The van der Waals surface area contributed by atoms with E-state index in [9.17, 15) is 4.39 Å². The van der Waals surface area contributed by atoms with Crippen molar-refractivity contribution in [2.24, 2.45) is 0 Å². The van der Waals surface area contributed by atoms with Crippen LogP contribution in [0.15, 0.2) is 53.0 Å². The van der Waals surface area contributed by atoms with Gasteiger partial charge in [0.25, 0.3) is 0 Å². The second-order valence-corrected chi connectivity index (χ2v) is 4.58. The van der Waals surface area contributed by atoms with Crippen molar-refractivity contribution >= 4 is 15.9 Å². The van der Waals surface area contributed by atoms with Crippen LogP contribution in [0.4, 0.5) is 4.39 Å². The SMILES string of the molecule is FCc1cc(Br)ccc1OCc1ccccc1. The molecule has 0 radical (unpaired) electrons. The van der Waals surface area contributed by atoms with Crippen LogP contribution in [-0.4, -0.2) is 0 Å². The molecule has 0 heterocycles. The van der Waals surface area contributed by atoms with E-state index >= 15 is 0 Å². The Morgan fingerprint density at radius 2 is 1.82 bits per heavy atom. The van der Waals surface area contributed by atoms with Gasteiger partial charge in [-0.1, -0.05) is 46.3 Å². The van der Waals surface area contributed by atoms with E-state index in [0.29, 0.717) is 17.9 Å². The van der Waals surface area contributed by atoms with Crippen LogP contribution >= 0.6 is 15.9 Å². The Bertz CT molecular complexity index is 485. The number of halogens is 2. The van der Waals surface area contributed by atoms with Crippen LogP contribution in [0.2, 0.25) is 0 Å². The highest BCUT2D eigenvalue weighted by Gasteiger charge is 2.04. The first-order valence-electron chi connectivity index (χ1n) is 5.30. The van der Waals surface area contributed by atoms with Crippen molar-refractivity contribution in [2.75, 3.05) is 0 Å². The topological polar surface area (TPSA) is 9.23 Å². The highest BCUT2D eigenvalue weighted by Crippen LogP contribution is 2.24. The van der Waals surface area contributed by atoms with Gasteiger partial charge >= 0.3 is 0 Å². The van der Waals surface area contributed by atoms with Crippen molar-refractivity contribution in [3.05, 3.63) is 64.1 Å². The first-order chi connectivity index (χ1) is 8.29. The molecule has 2 rings (SSSR count). The average molecular weight is 295 g/mol. The van der Waals surface area contributed by atoms with Crippen molar-refractivity contribution in [1.29, 1.82) is 0 Å². The van der Waals surface area contributed by atoms with Crippen molar-refractivity contribution in [2.45, 2.75) is 13.3 Å². The predicted octanol–water partition coefficient (Wildman–Crippen LogP) is 4.50. The first-order valence-corrected chi connectivity index (χ1v) is 6.10. The van der Waals surface area contributed by atoms with Crippen LogP contribution in [0.5, 0.6) is 5.75 Å². The maximum Gasteiger partial charge on any atom is 0.125 e. The van der Waals surface area contributed by atoms with Crippen molar-refractivity contribution < 1.29 is 9.13 Å². The quantitative estimate of drug-likeness (QED) is 0.807. The van der Waals surface area contributed by atoms with Gasteiger partial charge < -0.3 is 4.74 Å². The lowest BCUT2D eigenvalue weighted by molar-refractivity contribution is 0.298. The summed E-state index contributed by atoms with van der Waals surface area (Å²) in [6.45, 7) is -0.0704. The molecule has 1 nitrogen and oxygen atoms in total. The van der Waals surface area contributed by atoms with E-state index < -0.39 is 6.67 Å². The molecule has 0 bridgehead atoms. The van der Waals surface area contributed by atoms with Crippen molar-refractivity contribution in [1.82, 2.24) is 0 Å². The molecule has 17 heavy (non-hydrogen) atoms. The number of hydrogen-bond acceptors (Lipinski definition) is 1. The van der Waals surface area contributed by atoms with Gasteiger partial charge in [-0.2, -0.15) is 0 Å². The normalized spacial score (nSPS) is 10.2. The number of hydrogen-bond donors (Lipinski definition) is 0. The van der Waals surface area contributed by atoms with Crippen molar-refractivity contribution in [3.63, 3.8) is 0 Å². The second-order valence-electron chi connectivity index (χ2n) is 3.66. The van der Waals surface area contributed by atoms with Gasteiger partial charge in [-0.3, -0.25) is 0 Å². The summed E-state index contributed by atoms with van der Waals surface area (Å²) in [4.78, 5) is 0. The Kier molecular flexibility index (Phi) is 4.15. The Hall–Kier alpha value is -1.35. The number of benzene rings is 2. The summed E-state index contributed by atoms with van der Waals surface area (Å²) in [5.41, 5.74) is 1.63. The van der Waals surface area contributed by atoms with E-state index in [4.69, 9.17) is 4.74 Å². The molecule has 3 heteroatoms. The van der Waals surface area contributed by atoms with Gasteiger partial charge in [0.1, 0.15) is 19.0 Å². The fourth-order valence-electron chi connectivity index (χ4n) is 1.53. The Morgan fingerprint density at radius 1 is 1.06 bits per heavy atom. The zero-order chi connectivity index (χ0) is 12.1. The van der Waals surface area contributed by atoms with Gasteiger partial charge in [0.2, 0.25) is 0 Å². The van der Waals surface area contributed by atoms with E-state index in [1.807, 2.05) is 36.4 Å². The van der Waals surface area contributed by atoms with E-state index in [-0.39, 0.29) is 0 Å². The molecular weight excluding hydrogens is 283 g/mol. The van der Waals surface area contributed by atoms with Gasteiger partial charge in [0.05, 0.1) is 0 Å². The lowest BCUT2D eigenvalue weighted by Gasteiger charge is -2.10. The third-order valence-corrected chi connectivity index (χ3v) is 2.90. The summed E-state index contributed by atoms with van der Waals surface area (Å²) in [5, 5.41) is 0. The molecular formula is C14H12BrFO. The third kappa shape index (κ3) is 3.30. The summed E-state index contributed by atoms with van der Waals surface area (Å²) in [6, 6.07) is 15.2. The van der Waals surface area contributed by atoms with Crippen molar-refractivity contribution in [3.8, 4) is 5.75 Å². The van der Waals surface area contributed by atoms with E-state index in [1.165, 1.54) is 0 Å². The Morgan fingerprint density at radius 3 is 2.53 bits per heavy atom. The highest BCUT2D eigenvalue weighted by atomic mass is 79.9. The molecule has 2 aromatic rings. The molecule has 0 unspecified atom stereocenters. The molecule has 0 aliphatic rings. The maximum absolute atomic E-state index is 12.8. The molecule has 0 aromatic heterocycles. The molecule has 0 fully saturated rings. The van der Waals surface area contributed by atoms with Crippen LogP contribution in [0.25, 0.3) is 0 Å². The van der Waals surface area contributed by atoms with Gasteiger partial charge in [0, 0.05) is 10.0 Å². The zero-order valence-corrected chi connectivity index (χ0v) is 10.8. The fourth-order valence-corrected chi connectivity index (χ4v) is 1.94. The van der Waals surface area contributed by atoms with Crippen LogP contribution in [0, 0.1) is 0 Å². The Labute approximate surface area is 108 Å². The Balaban J connectivity index is 2.09. The van der Waals surface area contributed by atoms with E-state index in [2.05, 4.69) is 15.9 Å². The van der Waals surface area contributed by atoms with Crippen LogP contribution < -0.4 is 4.74 Å². The molecule has 0 aliphatic heterocycles. The minimum atomic E-state index is -0.524. The largest absolute Gasteiger partial charge is 0.489 e. The number of ether oxygens (including phenoxy) is 1. The average Bonchev–Trinajstić information content (AvgIpc) is 2.38. The van der Waals surface area contributed by atoms with Crippen LogP contribution in [0.3, 0.4) is 0 Å². The summed E-state index contributed by atoms with van der Waals surface area (Å²) in [6.07, 6.45) is 0. The lowest BCUT2D eigenvalue weighted by atomic mass is 10.2. The van der Waals surface area contributed by atoms with Crippen LogP contribution in [-0.2, 0) is 13.3 Å². The predicted molar refractivity (Wildman–Crippen MR) is 69.7 cm³/mol. The molecule has 0 saturated carbocycles. The van der Waals surface area contributed by atoms with E-state index in [0.717, 1.165) is 10.0 Å². The standard InChI is InChI=1S/C14H12BrFO/c15-13-6-7-14(12(8-13)9-16)17-10-11-4-2-1-3-5-11/h1-8H,9-10H2. The molecule has 2 aromatic carbocycles. The summed E-state index contributed by atoms with van der Waals surface area (Å²) in [5.74, 6) is 0.597. The van der Waals surface area contributed by atoms with Gasteiger partial charge in [-0.15, -0.1) is 0 Å². The summed E-state index contributed by atoms with van der Waals surface area (Å²) < 4.78 is 19.3. The minimum Gasteiger partial charge on any atom is -0.489 e. The first kappa shape index (κ1) is 12.1. The van der Waals surface area contributed by atoms with Gasteiger partial charge in [-0.05, 0) is 23.8 Å². The summed E-state index contributed by atoms with van der Waals surface area (Å²) in [7, 11) is 0. The number of alkyl halides is 1. The summed E-state index contributed by atoms with van der Waals surface area (Å²) >= 11 is 3.31. The van der Waals surface area contributed by atoms with Gasteiger partial charge in [-0.25, -0.2) is 4.39 Å². The molecule has 0 spiro atoms. The molecule has 0 amide bonds. The molecule has 0 saturated heterocycles. The maximum atomic E-state index is 12.8. The molecule has 0 N–H and O–H groups in total. The van der Waals surface area contributed by atoms with Crippen LogP contribution in [0.1, 0.15) is 11.1 Å². The smallest absolute Gasteiger partial charge is 0.125 e. The van der Waals surface area contributed by atoms with Gasteiger partial charge in [0.15, 0.2) is 0 Å². The van der Waals surface area contributed by atoms with E-state index in [1.54, 1.807) is 12.1 Å². The molecule has 0 atom stereocenters. The molecule has 88 valence electrons. The monoisotopic (exact) mass is 294 g/mol.